The van der Waals surface area contributed by atoms with Gasteiger partial charge in [-0.05, 0) is 61.4 Å². The van der Waals surface area contributed by atoms with Crippen LogP contribution in [0.25, 0.3) is 10.2 Å². The Kier molecular flexibility index (Phi) is 5.08. The lowest BCUT2D eigenvalue weighted by atomic mass is 10.1. The van der Waals surface area contributed by atoms with Gasteiger partial charge in [-0.15, -0.1) is 0 Å². The summed E-state index contributed by atoms with van der Waals surface area (Å²) < 4.78 is 24.4. The Hall–Kier alpha value is -2.45. The Balaban J connectivity index is 1.44. The molecule has 0 radical (unpaired) electrons. The Labute approximate surface area is 174 Å². The van der Waals surface area contributed by atoms with Crippen LogP contribution < -0.4 is 4.90 Å². The molecule has 1 saturated heterocycles. The molecular weight excluding hydrogens is 406 g/mol. The smallest absolute Gasteiger partial charge is 0.253 e. The first-order valence-corrected chi connectivity index (χ1v) is 12.2. The summed E-state index contributed by atoms with van der Waals surface area (Å²) in [5.74, 6) is -0.0692. The van der Waals surface area contributed by atoms with Crippen LogP contribution in [0.15, 0.2) is 41.3 Å². The van der Waals surface area contributed by atoms with Gasteiger partial charge >= 0.3 is 0 Å². The van der Waals surface area contributed by atoms with Gasteiger partial charge in [0.15, 0.2) is 15.0 Å². The molecule has 6 nitrogen and oxygen atoms in total. The molecule has 29 heavy (non-hydrogen) atoms. The van der Waals surface area contributed by atoms with Gasteiger partial charge in [0, 0.05) is 38.0 Å². The molecule has 0 bridgehead atoms. The van der Waals surface area contributed by atoms with E-state index in [-0.39, 0.29) is 10.8 Å². The normalized spacial score (nSPS) is 15.1. The molecule has 1 fully saturated rings. The molecule has 1 aromatic heterocycles. The zero-order chi connectivity index (χ0) is 20.8. The number of amides is 1. The number of fused-ring (bicyclic) bond motifs is 1. The van der Waals surface area contributed by atoms with Crippen LogP contribution in [0.2, 0.25) is 0 Å². The second kappa shape index (κ2) is 7.42. The van der Waals surface area contributed by atoms with E-state index in [1.807, 2.05) is 4.90 Å². The lowest BCUT2D eigenvalue weighted by Gasteiger charge is -2.34. The summed E-state index contributed by atoms with van der Waals surface area (Å²) in [6, 6.07) is 10.5. The minimum Gasteiger partial charge on any atom is -0.345 e. The highest BCUT2D eigenvalue weighted by Crippen LogP contribution is 2.31. The van der Waals surface area contributed by atoms with Crippen molar-refractivity contribution in [2.24, 2.45) is 0 Å². The number of nitrogens with zero attached hydrogens (tertiary/aromatic N) is 3. The molecule has 0 saturated carbocycles. The standard InChI is InChI=1S/C21H23N3O3S2/c1-14-12-18-19(13-15(14)2)28-21(22-18)24-10-8-23(9-11-24)20(25)16-4-6-17(7-5-16)29(3,26)27/h4-7,12-13H,8-11H2,1-3H3. The number of anilines is 1. The number of carbonyl (C=O) groups excluding carboxylic acids is 1. The van der Waals surface area contributed by atoms with Gasteiger partial charge < -0.3 is 9.80 Å². The van der Waals surface area contributed by atoms with Gasteiger partial charge in [0.2, 0.25) is 0 Å². The van der Waals surface area contributed by atoms with E-state index in [0.29, 0.717) is 18.7 Å². The Morgan fingerprint density at radius 1 is 1.00 bits per heavy atom. The van der Waals surface area contributed by atoms with Crippen molar-refractivity contribution in [2.75, 3.05) is 37.3 Å². The van der Waals surface area contributed by atoms with Crippen molar-refractivity contribution >= 4 is 42.4 Å². The second-order valence-electron chi connectivity index (χ2n) is 7.48. The molecule has 3 aromatic rings. The summed E-state index contributed by atoms with van der Waals surface area (Å²) >= 11 is 1.69. The van der Waals surface area contributed by atoms with Crippen molar-refractivity contribution in [3.63, 3.8) is 0 Å². The molecule has 1 amide bonds. The predicted molar refractivity (Wildman–Crippen MR) is 117 cm³/mol. The highest BCUT2D eigenvalue weighted by molar-refractivity contribution is 7.90. The number of aryl methyl sites for hydroxylation is 2. The number of aromatic nitrogens is 1. The number of sulfone groups is 1. The first-order chi connectivity index (χ1) is 13.7. The van der Waals surface area contributed by atoms with Gasteiger partial charge in [-0.1, -0.05) is 11.3 Å². The Morgan fingerprint density at radius 2 is 1.62 bits per heavy atom. The average Bonchev–Trinajstić information content (AvgIpc) is 3.10. The Bertz CT molecular complexity index is 1140. The number of hydrogen-bond donors (Lipinski definition) is 0. The van der Waals surface area contributed by atoms with Crippen molar-refractivity contribution < 1.29 is 13.2 Å². The largest absolute Gasteiger partial charge is 0.345 e. The SMILES string of the molecule is Cc1cc2nc(N3CCN(C(=O)c4ccc(S(C)(=O)=O)cc4)CC3)sc2cc1C. The lowest BCUT2D eigenvalue weighted by Crippen LogP contribution is -2.48. The van der Waals surface area contributed by atoms with Gasteiger partial charge in [0.05, 0.1) is 15.1 Å². The molecule has 1 aliphatic heterocycles. The van der Waals surface area contributed by atoms with E-state index in [0.717, 1.165) is 30.0 Å². The van der Waals surface area contributed by atoms with E-state index in [1.165, 1.54) is 28.0 Å². The van der Waals surface area contributed by atoms with E-state index >= 15 is 0 Å². The minimum atomic E-state index is -3.26. The molecule has 4 rings (SSSR count). The van der Waals surface area contributed by atoms with Crippen molar-refractivity contribution in [3.8, 4) is 0 Å². The number of piperazine rings is 1. The second-order valence-corrected chi connectivity index (χ2v) is 10.5. The first kappa shape index (κ1) is 19.8. The number of thiazole rings is 1. The summed E-state index contributed by atoms with van der Waals surface area (Å²) in [5.41, 5.74) is 4.05. The Morgan fingerprint density at radius 3 is 2.24 bits per heavy atom. The number of benzene rings is 2. The predicted octanol–water partition coefficient (Wildman–Crippen LogP) is 3.28. The summed E-state index contributed by atoms with van der Waals surface area (Å²) in [5, 5.41) is 0.995. The van der Waals surface area contributed by atoms with Crippen molar-refractivity contribution in [1.29, 1.82) is 0 Å². The minimum absolute atomic E-state index is 0.0692. The van der Waals surface area contributed by atoms with E-state index in [2.05, 4.69) is 30.9 Å². The summed E-state index contributed by atoms with van der Waals surface area (Å²) in [6.45, 7) is 6.89. The van der Waals surface area contributed by atoms with Crippen LogP contribution in [0.5, 0.6) is 0 Å². The number of carbonyl (C=O) groups is 1. The summed E-state index contributed by atoms with van der Waals surface area (Å²) in [4.78, 5) is 21.8. The van der Waals surface area contributed by atoms with Crippen LogP contribution in [0, 0.1) is 13.8 Å². The maximum absolute atomic E-state index is 12.8. The lowest BCUT2D eigenvalue weighted by molar-refractivity contribution is 0.0746. The van der Waals surface area contributed by atoms with Gasteiger partial charge in [-0.3, -0.25) is 4.79 Å². The van der Waals surface area contributed by atoms with Gasteiger partial charge in [-0.2, -0.15) is 0 Å². The molecule has 2 aromatic carbocycles. The molecule has 152 valence electrons. The molecule has 0 spiro atoms. The summed E-state index contributed by atoms with van der Waals surface area (Å²) in [7, 11) is -3.26. The van der Waals surface area contributed by atoms with Crippen LogP contribution in [0.3, 0.4) is 0 Å². The zero-order valence-electron chi connectivity index (χ0n) is 16.7. The third-order valence-corrected chi connectivity index (χ3v) is 7.57. The van der Waals surface area contributed by atoms with Crippen molar-refractivity contribution in [1.82, 2.24) is 9.88 Å². The maximum Gasteiger partial charge on any atom is 0.253 e. The molecule has 0 atom stereocenters. The van der Waals surface area contributed by atoms with E-state index in [1.54, 1.807) is 23.5 Å². The monoisotopic (exact) mass is 429 g/mol. The van der Waals surface area contributed by atoms with E-state index in [9.17, 15) is 13.2 Å². The topological polar surface area (TPSA) is 70.6 Å². The summed E-state index contributed by atoms with van der Waals surface area (Å²) in [6.07, 6.45) is 1.16. The van der Waals surface area contributed by atoms with Crippen LogP contribution in [0.1, 0.15) is 21.5 Å². The number of hydrogen-bond acceptors (Lipinski definition) is 6. The van der Waals surface area contributed by atoms with E-state index < -0.39 is 9.84 Å². The van der Waals surface area contributed by atoms with Gasteiger partial charge in [-0.25, -0.2) is 13.4 Å². The molecule has 0 aliphatic carbocycles. The first-order valence-electron chi connectivity index (χ1n) is 9.44. The van der Waals surface area contributed by atoms with Crippen molar-refractivity contribution in [3.05, 3.63) is 53.1 Å². The van der Waals surface area contributed by atoms with Gasteiger partial charge in [0.25, 0.3) is 5.91 Å². The third kappa shape index (κ3) is 4.00. The highest BCUT2D eigenvalue weighted by atomic mass is 32.2. The fourth-order valence-electron chi connectivity index (χ4n) is 3.43. The molecule has 1 aliphatic rings. The van der Waals surface area contributed by atoms with Gasteiger partial charge in [0.1, 0.15) is 0 Å². The van der Waals surface area contributed by atoms with Crippen LogP contribution in [0.4, 0.5) is 5.13 Å². The van der Waals surface area contributed by atoms with E-state index in [4.69, 9.17) is 4.98 Å². The number of rotatable bonds is 3. The maximum atomic E-state index is 12.8. The molecule has 2 heterocycles. The highest BCUT2D eigenvalue weighted by Gasteiger charge is 2.24. The fraction of sp³-hybridized carbons (Fsp3) is 0.333. The average molecular weight is 430 g/mol. The fourth-order valence-corrected chi connectivity index (χ4v) is 5.16. The molecular formula is C21H23N3O3S2. The quantitative estimate of drug-likeness (QED) is 0.639. The van der Waals surface area contributed by atoms with Crippen LogP contribution in [-0.4, -0.2) is 56.6 Å². The zero-order valence-corrected chi connectivity index (χ0v) is 18.3. The molecule has 8 heteroatoms. The molecule has 0 unspecified atom stereocenters. The van der Waals surface area contributed by atoms with Crippen LogP contribution >= 0.6 is 11.3 Å². The molecule has 0 N–H and O–H groups in total. The third-order valence-electron chi connectivity index (χ3n) is 5.36. The van der Waals surface area contributed by atoms with Crippen LogP contribution in [-0.2, 0) is 9.84 Å². The van der Waals surface area contributed by atoms with Crippen molar-refractivity contribution in [2.45, 2.75) is 18.7 Å².